The summed E-state index contributed by atoms with van der Waals surface area (Å²) in [5.74, 6) is 0.573. The van der Waals surface area contributed by atoms with Gasteiger partial charge >= 0.3 is 6.16 Å². The Bertz CT molecular complexity index is 581. The Morgan fingerprint density at radius 3 is 2.38 bits per heavy atom. The fourth-order valence-electron chi connectivity index (χ4n) is 1.49. The van der Waals surface area contributed by atoms with Crippen LogP contribution in [0.3, 0.4) is 0 Å². The van der Waals surface area contributed by atoms with Gasteiger partial charge in [0.25, 0.3) is 0 Å². The molecule has 0 aromatic rings. The summed E-state index contributed by atoms with van der Waals surface area (Å²) in [4.78, 5) is 10.8. The molecule has 0 N–H and O–H groups in total. The van der Waals surface area contributed by atoms with Crippen molar-refractivity contribution in [2.24, 2.45) is 5.41 Å². The highest BCUT2D eigenvalue weighted by Gasteiger charge is 2.33. The fourth-order valence-corrected chi connectivity index (χ4v) is 6.64. The van der Waals surface area contributed by atoms with Crippen molar-refractivity contribution in [1.82, 2.24) is 0 Å². The SMILES string of the molecule is C=CS(=O)(=O)CS(=O)(=O)CCSCC1(C)COC(=O)OC1. The molecule has 0 aliphatic carbocycles. The first-order valence-corrected chi connectivity index (χ1v) is 10.7. The van der Waals surface area contributed by atoms with E-state index < -0.39 is 30.9 Å². The third-order valence-corrected chi connectivity index (χ3v) is 8.40. The molecule has 10 heteroatoms. The number of ether oxygens (including phenoxy) is 2. The van der Waals surface area contributed by atoms with Crippen LogP contribution in [0.5, 0.6) is 0 Å². The van der Waals surface area contributed by atoms with Crippen LogP contribution in [0.25, 0.3) is 0 Å². The normalized spacial score (nSPS) is 18.6. The van der Waals surface area contributed by atoms with Crippen molar-refractivity contribution in [3.63, 3.8) is 0 Å². The molecule has 1 aliphatic heterocycles. The zero-order chi connectivity index (χ0) is 16.1. The summed E-state index contributed by atoms with van der Waals surface area (Å²) in [6.45, 7) is 5.38. The van der Waals surface area contributed by atoms with Gasteiger partial charge in [-0.1, -0.05) is 13.5 Å². The van der Waals surface area contributed by atoms with Gasteiger partial charge in [-0.05, 0) is 0 Å². The summed E-state index contributed by atoms with van der Waals surface area (Å²) in [7, 11) is -7.44. The molecule has 0 unspecified atom stereocenters. The quantitative estimate of drug-likeness (QED) is 0.464. The highest BCUT2D eigenvalue weighted by molar-refractivity contribution is 8.09. The molecule has 122 valence electrons. The average molecular weight is 358 g/mol. The minimum absolute atomic E-state index is 0.219. The van der Waals surface area contributed by atoms with Gasteiger partial charge in [-0.25, -0.2) is 21.6 Å². The van der Waals surface area contributed by atoms with E-state index in [1.165, 1.54) is 11.8 Å². The van der Waals surface area contributed by atoms with Crippen LogP contribution >= 0.6 is 11.8 Å². The minimum atomic E-state index is -3.76. The van der Waals surface area contributed by atoms with Gasteiger partial charge in [0.05, 0.1) is 5.75 Å². The topological polar surface area (TPSA) is 104 Å². The lowest BCUT2D eigenvalue weighted by Gasteiger charge is -2.31. The van der Waals surface area contributed by atoms with Crippen LogP contribution in [0.15, 0.2) is 12.0 Å². The van der Waals surface area contributed by atoms with E-state index in [9.17, 15) is 21.6 Å². The molecule has 0 atom stereocenters. The fraction of sp³-hybridized carbons (Fsp3) is 0.727. The molecule has 1 saturated heterocycles. The van der Waals surface area contributed by atoms with E-state index in [0.29, 0.717) is 11.2 Å². The molecule has 0 saturated carbocycles. The number of sulfone groups is 2. The van der Waals surface area contributed by atoms with E-state index in [-0.39, 0.29) is 30.1 Å². The zero-order valence-corrected chi connectivity index (χ0v) is 14.1. The number of rotatable bonds is 8. The highest BCUT2D eigenvalue weighted by Crippen LogP contribution is 2.27. The number of carbonyl (C=O) groups is 1. The maximum Gasteiger partial charge on any atom is 0.508 e. The predicted molar refractivity (Wildman–Crippen MR) is 80.5 cm³/mol. The number of carbonyl (C=O) groups excluding carboxylic acids is 1. The lowest BCUT2D eigenvalue weighted by atomic mass is 9.95. The van der Waals surface area contributed by atoms with Crippen LogP contribution in [-0.4, -0.2) is 58.5 Å². The Labute approximate surface area is 128 Å². The molecule has 0 aromatic carbocycles. The maximum absolute atomic E-state index is 11.6. The van der Waals surface area contributed by atoms with Gasteiger partial charge in [0.2, 0.25) is 0 Å². The van der Waals surface area contributed by atoms with E-state index in [4.69, 9.17) is 9.47 Å². The van der Waals surface area contributed by atoms with Crippen LogP contribution in [0.4, 0.5) is 4.79 Å². The van der Waals surface area contributed by atoms with Crippen molar-refractivity contribution >= 4 is 37.6 Å². The van der Waals surface area contributed by atoms with E-state index in [2.05, 4.69) is 6.58 Å². The standard InChI is InChI=1S/C11H18O7S3/c1-3-20(13,14)9-21(15,16)5-4-19-8-11(2)6-17-10(12)18-7-11/h3H,1,4-9H2,2H3. The third-order valence-electron chi connectivity index (χ3n) is 2.66. The molecular formula is C11H18O7S3. The Kier molecular flexibility index (Phi) is 6.11. The second-order valence-electron chi connectivity index (χ2n) is 5.09. The minimum Gasteiger partial charge on any atom is -0.434 e. The molecule has 21 heavy (non-hydrogen) atoms. The number of hydrogen-bond acceptors (Lipinski definition) is 8. The van der Waals surface area contributed by atoms with Crippen molar-refractivity contribution in [3.05, 3.63) is 12.0 Å². The van der Waals surface area contributed by atoms with Crippen LogP contribution in [0.1, 0.15) is 6.92 Å². The first-order valence-electron chi connectivity index (χ1n) is 6.00. The van der Waals surface area contributed by atoms with Crippen molar-refractivity contribution in [2.75, 3.05) is 35.6 Å². The van der Waals surface area contributed by atoms with Gasteiger partial charge in [-0.2, -0.15) is 11.8 Å². The molecule has 1 fully saturated rings. The summed E-state index contributed by atoms with van der Waals surface area (Å²) >= 11 is 1.35. The second-order valence-corrected chi connectivity index (χ2v) is 10.7. The zero-order valence-electron chi connectivity index (χ0n) is 11.6. The van der Waals surface area contributed by atoms with E-state index >= 15 is 0 Å². The third kappa shape index (κ3) is 6.70. The molecular weight excluding hydrogens is 340 g/mol. The number of cyclic esters (lactones) is 2. The Morgan fingerprint density at radius 2 is 1.86 bits per heavy atom. The lowest BCUT2D eigenvalue weighted by molar-refractivity contribution is -0.0425. The highest BCUT2D eigenvalue weighted by atomic mass is 32.3. The van der Waals surface area contributed by atoms with Gasteiger partial charge in [0, 0.05) is 22.3 Å². The van der Waals surface area contributed by atoms with Gasteiger partial charge in [-0.3, -0.25) is 0 Å². The Morgan fingerprint density at radius 1 is 1.29 bits per heavy atom. The molecule has 0 amide bonds. The summed E-state index contributed by atoms with van der Waals surface area (Å²) in [6.07, 6.45) is -0.699. The molecule has 0 bridgehead atoms. The van der Waals surface area contributed by atoms with Crippen molar-refractivity contribution in [1.29, 1.82) is 0 Å². The first-order chi connectivity index (χ1) is 9.58. The first kappa shape index (κ1) is 18.3. The van der Waals surface area contributed by atoms with Gasteiger partial charge < -0.3 is 9.47 Å². The van der Waals surface area contributed by atoms with Crippen LogP contribution in [-0.2, 0) is 29.1 Å². The second kappa shape index (κ2) is 7.01. The molecule has 0 spiro atoms. The van der Waals surface area contributed by atoms with Crippen LogP contribution in [0.2, 0.25) is 0 Å². The Hall–Kier alpha value is -0.740. The van der Waals surface area contributed by atoms with E-state index in [1.54, 1.807) is 0 Å². The maximum atomic E-state index is 11.6. The van der Waals surface area contributed by atoms with E-state index in [1.807, 2.05) is 6.92 Å². The van der Waals surface area contributed by atoms with E-state index in [0.717, 1.165) is 0 Å². The molecule has 0 aromatic heterocycles. The summed E-state index contributed by atoms with van der Waals surface area (Å²) < 4.78 is 55.3. The van der Waals surface area contributed by atoms with Gasteiger partial charge in [0.15, 0.2) is 24.8 Å². The summed E-state index contributed by atoms with van der Waals surface area (Å²) in [5.41, 5.74) is -0.366. The van der Waals surface area contributed by atoms with Crippen molar-refractivity contribution in [2.45, 2.75) is 6.92 Å². The number of hydrogen-bond donors (Lipinski definition) is 0. The number of thioether (sulfide) groups is 1. The molecule has 0 radical (unpaired) electrons. The Balaban J connectivity index is 2.37. The largest absolute Gasteiger partial charge is 0.508 e. The summed E-state index contributed by atoms with van der Waals surface area (Å²) in [5, 5.41) is -0.269. The monoisotopic (exact) mass is 358 g/mol. The smallest absolute Gasteiger partial charge is 0.434 e. The molecule has 7 nitrogen and oxygen atoms in total. The van der Waals surface area contributed by atoms with Gasteiger partial charge in [0.1, 0.15) is 13.2 Å². The van der Waals surface area contributed by atoms with Crippen LogP contribution < -0.4 is 0 Å². The average Bonchev–Trinajstić information content (AvgIpc) is 2.38. The van der Waals surface area contributed by atoms with Crippen molar-refractivity contribution in [3.8, 4) is 0 Å². The predicted octanol–water partition coefficient (Wildman–Crippen LogP) is 0.823. The van der Waals surface area contributed by atoms with Crippen molar-refractivity contribution < 1.29 is 31.1 Å². The van der Waals surface area contributed by atoms with Crippen LogP contribution in [0, 0.1) is 5.41 Å². The van der Waals surface area contributed by atoms with Gasteiger partial charge in [-0.15, -0.1) is 0 Å². The lowest BCUT2D eigenvalue weighted by Crippen LogP contribution is -2.39. The molecule has 1 aliphatic rings. The summed E-state index contributed by atoms with van der Waals surface area (Å²) in [6, 6.07) is 0. The molecule has 1 rings (SSSR count). The molecule has 1 heterocycles.